The number of hydrogen-bond acceptors (Lipinski definition) is 2. The Labute approximate surface area is 270 Å². The second kappa shape index (κ2) is 9.52. The first-order valence-corrected chi connectivity index (χ1v) is 16.2. The van der Waals surface area contributed by atoms with Crippen LogP contribution in [0, 0.1) is 0 Å². The van der Waals surface area contributed by atoms with E-state index in [0.717, 1.165) is 0 Å². The number of anilines is 4. The molecule has 2 nitrogen and oxygen atoms in total. The third-order valence-electron chi connectivity index (χ3n) is 10.7. The molecule has 2 heterocycles. The smallest absolute Gasteiger partial charge is 0.247 e. The molecule has 2 aliphatic heterocycles. The summed E-state index contributed by atoms with van der Waals surface area (Å²) >= 11 is 0. The predicted octanol–water partition coefficient (Wildman–Crippen LogP) is 5.78. The summed E-state index contributed by atoms with van der Waals surface area (Å²) in [6.45, 7) is 0.300. The molecule has 0 bridgehead atoms. The van der Waals surface area contributed by atoms with Gasteiger partial charge in [0.05, 0.1) is 0 Å². The fourth-order valence-electron chi connectivity index (χ4n) is 8.75. The summed E-state index contributed by atoms with van der Waals surface area (Å²) in [5, 5.41) is 8.04. The van der Waals surface area contributed by atoms with Crippen molar-refractivity contribution in [2.75, 3.05) is 23.9 Å². The lowest BCUT2D eigenvalue weighted by molar-refractivity contribution is 1.22. The highest BCUT2D eigenvalue weighted by molar-refractivity contribution is 7.00. The largest absolute Gasteiger partial charge is 0.345 e. The molecular weight excluding hydrogens is 554 g/mol. The van der Waals surface area contributed by atoms with E-state index in [1.165, 1.54) is 87.8 Å². The highest BCUT2D eigenvalue weighted by atomic mass is 15.1. The average Bonchev–Trinajstić information content (AvgIpc) is 3.12. The molecule has 0 N–H and O–H groups in total. The zero-order chi connectivity index (χ0) is 30.5. The lowest BCUT2D eigenvalue weighted by Crippen LogP contribution is -2.58. The number of para-hydroxylation sites is 2. The van der Waals surface area contributed by atoms with Crippen molar-refractivity contribution in [3.8, 4) is 0 Å². The van der Waals surface area contributed by atoms with E-state index >= 15 is 0 Å². The standard InChI is InChI=1S/C42H30B2N2/c1-45-35-19-11-9-17-33(35)43(29-13-5-3-6-14-29)41-31-23-22-28-26-38-42(32-24-21-27(25-37(41)45)39(31)40(28)32)44(30-15-7-4-8-16-30)34-18-10-12-20-36(34)46(38)2/h3-26H,1-2H3. The van der Waals surface area contributed by atoms with E-state index in [0.29, 0.717) is 0 Å². The second-order valence-corrected chi connectivity index (χ2v) is 13.0. The van der Waals surface area contributed by atoms with Crippen LogP contribution in [0.1, 0.15) is 0 Å². The first-order chi connectivity index (χ1) is 22.7. The minimum atomic E-state index is 0.150. The van der Waals surface area contributed by atoms with Crippen LogP contribution in [-0.4, -0.2) is 27.5 Å². The van der Waals surface area contributed by atoms with Gasteiger partial charge in [-0.1, -0.05) is 132 Å². The van der Waals surface area contributed by atoms with Crippen LogP contribution < -0.4 is 42.6 Å². The van der Waals surface area contributed by atoms with Crippen LogP contribution in [0.15, 0.2) is 146 Å². The van der Waals surface area contributed by atoms with Crippen LogP contribution in [0.4, 0.5) is 22.7 Å². The van der Waals surface area contributed by atoms with Gasteiger partial charge < -0.3 is 9.80 Å². The highest BCUT2D eigenvalue weighted by Gasteiger charge is 2.38. The Balaban J connectivity index is 1.33. The molecule has 214 valence electrons. The summed E-state index contributed by atoms with van der Waals surface area (Å²) in [6.07, 6.45) is 0. The van der Waals surface area contributed by atoms with E-state index in [9.17, 15) is 0 Å². The molecule has 0 atom stereocenters. The normalized spacial score (nSPS) is 13.7. The third-order valence-corrected chi connectivity index (χ3v) is 10.7. The van der Waals surface area contributed by atoms with Gasteiger partial charge in [-0.2, -0.15) is 0 Å². The zero-order valence-corrected chi connectivity index (χ0v) is 25.9. The van der Waals surface area contributed by atoms with Crippen molar-refractivity contribution in [3.63, 3.8) is 0 Å². The Hall–Kier alpha value is -5.47. The van der Waals surface area contributed by atoms with Gasteiger partial charge in [0.2, 0.25) is 13.4 Å². The lowest BCUT2D eigenvalue weighted by atomic mass is 9.34. The van der Waals surface area contributed by atoms with E-state index in [1.54, 1.807) is 0 Å². The SMILES string of the molecule is CN1c2ccccc2B(c2ccccc2)c2c1cc1ccc3c4c(cc5ccc2c1c53)N(C)c1ccccc1B4c1ccccc1. The fraction of sp³-hybridized carbons (Fsp3) is 0.0476. The van der Waals surface area contributed by atoms with Gasteiger partial charge in [0.1, 0.15) is 0 Å². The molecule has 10 rings (SSSR count). The molecule has 0 saturated carbocycles. The average molecular weight is 584 g/mol. The molecule has 0 amide bonds. The molecule has 0 fully saturated rings. The fourth-order valence-corrected chi connectivity index (χ4v) is 8.75. The van der Waals surface area contributed by atoms with E-state index in [1.807, 2.05) is 0 Å². The van der Waals surface area contributed by atoms with Crippen LogP contribution in [0.2, 0.25) is 0 Å². The topological polar surface area (TPSA) is 6.48 Å². The zero-order valence-electron chi connectivity index (χ0n) is 25.9. The summed E-state index contributed by atoms with van der Waals surface area (Å²) in [6, 6.07) is 54.4. The predicted molar refractivity (Wildman–Crippen MR) is 201 cm³/mol. The number of nitrogens with zero attached hydrogens (tertiary/aromatic N) is 2. The molecule has 2 aliphatic rings. The lowest BCUT2D eigenvalue weighted by Gasteiger charge is -2.37. The maximum absolute atomic E-state index is 2.44. The molecule has 0 aromatic heterocycles. The van der Waals surface area contributed by atoms with Gasteiger partial charge in [0, 0.05) is 36.8 Å². The molecular formula is C42H30B2N2. The summed E-state index contributed by atoms with van der Waals surface area (Å²) in [5.74, 6) is 0. The summed E-state index contributed by atoms with van der Waals surface area (Å²) in [5.41, 5.74) is 13.3. The van der Waals surface area contributed by atoms with E-state index in [4.69, 9.17) is 0 Å². The molecule has 0 unspecified atom stereocenters. The van der Waals surface area contributed by atoms with Crippen LogP contribution in [-0.2, 0) is 0 Å². The van der Waals surface area contributed by atoms with Crippen molar-refractivity contribution < 1.29 is 0 Å². The number of benzene rings is 8. The van der Waals surface area contributed by atoms with E-state index < -0.39 is 0 Å². The van der Waals surface area contributed by atoms with E-state index in [2.05, 4.69) is 169 Å². The Bertz CT molecular complexity index is 2300. The Morgan fingerprint density at radius 1 is 0.391 bits per heavy atom. The highest BCUT2D eigenvalue weighted by Crippen LogP contribution is 2.41. The maximum Gasteiger partial charge on any atom is 0.247 e. The van der Waals surface area contributed by atoms with Crippen molar-refractivity contribution in [1.29, 1.82) is 0 Å². The Kier molecular flexibility index (Phi) is 5.34. The van der Waals surface area contributed by atoms with Crippen LogP contribution >= 0.6 is 0 Å². The van der Waals surface area contributed by atoms with Gasteiger partial charge in [0.25, 0.3) is 0 Å². The van der Waals surface area contributed by atoms with Crippen molar-refractivity contribution in [3.05, 3.63) is 146 Å². The quantitative estimate of drug-likeness (QED) is 0.188. The van der Waals surface area contributed by atoms with Crippen LogP contribution in [0.3, 0.4) is 0 Å². The Morgan fingerprint density at radius 2 is 0.783 bits per heavy atom. The monoisotopic (exact) mass is 584 g/mol. The van der Waals surface area contributed by atoms with Gasteiger partial charge in [-0.15, -0.1) is 0 Å². The van der Waals surface area contributed by atoms with Crippen LogP contribution in [0.25, 0.3) is 32.3 Å². The van der Waals surface area contributed by atoms with Gasteiger partial charge in [-0.3, -0.25) is 0 Å². The van der Waals surface area contributed by atoms with Crippen LogP contribution in [0.5, 0.6) is 0 Å². The molecule has 0 saturated heterocycles. The molecule has 8 aromatic rings. The summed E-state index contributed by atoms with van der Waals surface area (Å²) < 4.78 is 0. The third kappa shape index (κ3) is 3.39. The molecule has 0 radical (unpaired) electrons. The van der Waals surface area contributed by atoms with Crippen molar-refractivity contribution in [1.82, 2.24) is 0 Å². The van der Waals surface area contributed by atoms with Gasteiger partial charge in [-0.25, -0.2) is 0 Å². The van der Waals surface area contributed by atoms with E-state index in [-0.39, 0.29) is 13.4 Å². The Morgan fingerprint density at radius 3 is 1.22 bits per heavy atom. The second-order valence-electron chi connectivity index (χ2n) is 13.0. The number of rotatable bonds is 2. The summed E-state index contributed by atoms with van der Waals surface area (Å²) in [4.78, 5) is 4.80. The molecule has 4 heteroatoms. The van der Waals surface area contributed by atoms with Gasteiger partial charge >= 0.3 is 0 Å². The minimum absolute atomic E-state index is 0.150. The molecule has 0 aliphatic carbocycles. The minimum Gasteiger partial charge on any atom is -0.345 e. The van der Waals surface area contributed by atoms with Crippen molar-refractivity contribution >= 4 is 101 Å². The maximum atomic E-state index is 2.44. The number of fused-ring (bicyclic) bond motifs is 6. The van der Waals surface area contributed by atoms with Gasteiger partial charge in [-0.05, 0) is 78.4 Å². The van der Waals surface area contributed by atoms with Gasteiger partial charge in [0.15, 0.2) is 0 Å². The summed E-state index contributed by atoms with van der Waals surface area (Å²) in [7, 11) is 4.45. The van der Waals surface area contributed by atoms with Crippen molar-refractivity contribution in [2.45, 2.75) is 0 Å². The molecule has 46 heavy (non-hydrogen) atoms. The first kappa shape index (κ1) is 25.8. The number of hydrogen-bond donors (Lipinski definition) is 0. The molecule has 0 spiro atoms. The van der Waals surface area contributed by atoms with Crippen molar-refractivity contribution in [2.24, 2.45) is 0 Å². The first-order valence-electron chi connectivity index (χ1n) is 16.2. The molecule has 8 aromatic carbocycles.